The van der Waals surface area contributed by atoms with E-state index in [1.165, 1.54) is 18.2 Å². The van der Waals surface area contributed by atoms with Gasteiger partial charge >= 0.3 is 0 Å². The van der Waals surface area contributed by atoms with Gasteiger partial charge in [0, 0.05) is 28.9 Å². The first-order chi connectivity index (χ1) is 9.53. The normalized spacial score (nSPS) is 28.6. The Balaban J connectivity index is 2.28. The van der Waals surface area contributed by atoms with Crippen molar-refractivity contribution in [1.82, 2.24) is 4.90 Å². The van der Waals surface area contributed by atoms with Crippen molar-refractivity contribution in [3.63, 3.8) is 0 Å². The van der Waals surface area contributed by atoms with Crippen molar-refractivity contribution in [2.75, 3.05) is 19.3 Å². The fourth-order valence-corrected chi connectivity index (χ4v) is 4.64. The maximum absolute atomic E-state index is 14.0. The van der Waals surface area contributed by atoms with Crippen LogP contribution in [0.4, 0.5) is 4.39 Å². The summed E-state index contributed by atoms with van der Waals surface area (Å²) in [6, 6.07) is 7.08. The molecular weight excluding hydrogens is 271 g/mol. The van der Waals surface area contributed by atoms with Crippen LogP contribution in [0.25, 0.3) is 0 Å². The number of likely N-dealkylation sites (N-methyl/N-ethyl adjacent to an activating group) is 1. The number of hydrogen-bond donors (Lipinski definition) is 1. The maximum Gasteiger partial charge on any atom is 0.127 e. The van der Waals surface area contributed by atoms with Crippen LogP contribution in [0.1, 0.15) is 38.3 Å². The molecule has 0 radical (unpaired) electrons. The van der Waals surface area contributed by atoms with Crippen LogP contribution in [-0.4, -0.2) is 35.0 Å². The van der Waals surface area contributed by atoms with Crippen molar-refractivity contribution >= 4 is 11.8 Å². The molecule has 2 N–H and O–H groups in total. The molecule has 1 aromatic carbocycles. The molecule has 20 heavy (non-hydrogen) atoms. The third-order valence-corrected chi connectivity index (χ3v) is 6.33. The van der Waals surface area contributed by atoms with Gasteiger partial charge in [-0.2, -0.15) is 11.8 Å². The first-order valence-corrected chi connectivity index (χ1v) is 8.37. The minimum atomic E-state index is -0.130. The zero-order valence-electron chi connectivity index (χ0n) is 12.6. The lowest BCUT2D eigenvalue weighted by atomic mass is 9.86. The average Bonchev–Trinajstić information content (AvgIpc) is 2.47. The summed E-state index contributed by atoms with van der Waals surface area (Å²) < 4.78 is 14.0. The van der Waals surface area contributed by atoms with E-state index in [1.54, 1.807) is 6.07 Å². The van der Waals surface area contributed by atoms with Crippen molar-refractivity contribution in [2.24, 2.45) is 5.73 Å². The molecule has 112 valence electrons. The summed E-state index contributed by atoms with van der Waals surface area (Å²) >= 11 is 1.98. The minimum absolute atomic E-state index is 0.0286. The summed E-state index contributed by atoms with van der Waals surface area (Å²) in [5.41, 5.74) is 6.85. The Labute approximate surface area is 125 Å². The van der Waals surface area contributed by atoms with Crippen molar-refractivity contribution in [3.05, 3.63) is 35.6 Å². The Morgan fingerprint density at radius 3 is 2.80 bits per heavy atom. The Morgan fingerprint density at radius 2 is 2.20 bits per heavy atom. The van der Waals surface area contributed by atoms with Gasteiger partial charge in [0.25, 0.3) is 0 Å². The highest BCUT2D eigenvalue weighted by atomic mass is 32.2. The van der Waals surface area contributed by atoms with Crippen LogP contribution in [0.5, 0.6) is 0 Å². The number of hydrogen-bond acceptors (Lipinski definition) is 3. The molecule has 0 spiro atoms. The topological polar surface area (TPSA) is 29.3 Å². The van der Waals surface area contributed by atoms with Crippen LogP contribution in [0.15, 0.2) is 24.3 Å². The molecule has 1 aliphatic heterocycles. The molecule has 0 aromatic heterocycles. The number of halogens is 1. The Hall–Kier alpha value is -0.580. The predicted molar refractivity (Wildman–Crippen MR) is 85.5 cm³/mol. The minimum Gasteiger partial charge on any atom is -0.329 e. The van der Waals surface area contributed by atoms with Gasteiger partial charge in [-0.15, -0.1) is 0 Å². The molecule has 0 bridgehead atoms. The highest BCUT2D eigenvalue weighted by Crippen LogP contribution is 2.41. The number of nitrogens with two attached hydrogens (primary N) is 1. The molecule has 0 amide bonds. The molecule has 1 aromatic rings. The molecule has 1 fully saturated rings. The van der Waals surface area contributed by atoms with Gasteiger partial charge < -0.3 is 5.73 Å². The van der Waals surface area contributed by atoms with E-state index in [0.29, 0.717) is 11.8 Å². The molecule has 0 saturated carbocycles. The average molecular weight is 296 g/mol. The number of nitrogens with zero attached hydrogens (tertiary/aromatic N) is 1. The van der Waals surface area contributed by atoms with Crippen molar-refractivity contribution in [3.8, 4) is 0 Å². The molecule has 2 nitrogen and oxygen atoms in total. The first kappa shape index (κ1) is 15.8. The third kappa shape index (κ3) is 2.74. The lowest BCUT2D eigenvalue weighted by Gasteiger charge is -2.50. The van der Waals surface area contributed by atoms with Gasteiger partial charge in [0.2, 0.25) is 0 Å². The highest BCUT2D eigenvalue weighted by molar-refractivity contribution is 8.00. The smallest absolute Gasteiger partial charge is 0.127 e. The molecular formula is C16H25FN2S. The van der Waals surface area contributed by atoms with Crippen LogP contribution >= 0.6 is 11.8 Å². The van der Waals surface area contributed by atoms with Gasteiger partial charge in [-0.25, -0.2) is 4.39 Å². The van der Waals surface area contributed by atoms with E-state index in [-0.39, 0.29) is 17.4 Å². The summed E-state index contributed by atoms with van der Waals surface area (Å²) in [5, 5.41) is 0.473. The second kappa shape index (κ2) is 6.46. The molecule has 0 aliphatic carbocycles. The zero-order valence-corrected chi connectivity index (χ0v) is 13.4. The summed E-state index contributed by atoms with van der Waals surface area (Å²) in [4.78, 5) is 2.29. The predicted octanol–water partition coefficient (Wildman–Crippen LogP) is 3.43. The van der Waals surface area contributed by atoms with Crippen molar-refractivity contribution in [1.29, 1.82) is 0 Å². The van der Waals surface area contributed by atoms with E-state index in [9.17, 15) is 4.39 Å². The van der Waals surface area contributed by atoms with E-state index >= 15 is 0 Å². The van der Waals surface area contributed by atoms with Gasteiger partial charge in [0.15, 0.2) is 0 Å². The second-order valence-electron chi connectivity index (χ2n) is 5.73. The zero-order chi connectivity index (χ0) is 14.8. The third-order valence-electron chi connectivity index (χ3n) is 4.87. The lowest BCUT2D eigenvalue weighted by Crippen LogP contribution is -2.60. The van der Waals surface area contributed by atoms with E-state index in [2.05, 4.69) is 25.8 Å². The number of thioether (sulfide) groups is 1. The Morgan fingerprint density at radius 1 is 1.50 bits per heavy atom. The number of rotatable bonds is 4. The van der Waals surface area contributed by atoms with Crippen LogP contribution in [0.2, 0.25) is 0 Å². The van der Waals surface area contributed by atoms with E-state index < -0.39 is 0 Å². The quantitative estimate of drug-likeness (QED) is 0.923. The summed E-state index contributed by atoms with van der Waals surface area (Å²) in [7, 11) is 2.09. The van der Waals surface area contributed by atoms with Gasteiger partial charge in [-0.05, 0) is 38.6 Å². The van der Waals surface area contributed by atoms with E-state index in [1.807, 2.05) is 23.9 Å². The monoisotopic (exact) mass is 296 g/mol. The first-order valence-electron chi connectivity index (χ1n) is 7.32. The Kier molecular flexibility index (Phi) is 5.10. The molecule has 4 heteroatoms. The molecule has 3 unspecified atom stereocenters. The Bertz CT molecular complexity index is 454. The SMILES string of the molecule is CC(c1ccccc1F)N(C)C1(CN)CCCSC1C. The van der Waals surface area contributed by atoms with Crippen molar-refractivity contribution in [2.45, 2.75) is 43.5 Å². The van der Waals surface area contributed by atoms with E-state index in [4.69, 9.17) is 5.73 Å². The van der Waals surface area contributed by atoms with Gasteiger partial charge in [0.05, 0.1) is 0 Å². The number of benzene rings is 1. The fraction of sp³-hybridized carbons (Fsp3) is 0.625. The second-order valence-corrected chi connectivity index (χ2v) is 7.18. The van der Waals surface area contributed by atoms with Crippen LogP contribution in [0, 0.1) is 5.82 Å². The van der Waals surface area contributed by atoms with Crippen LogP contribution < -0.4 is 5.73 Å². The standard InChI is InChI=1S/C16H25FN2S/c1-12(14-7-4-5-8-15(14)17)19(3)16(11-18)9-6-10-20-13(16)2/h4-5,7-8,12-13H,6,9-11,18H2,1-3H3. The maximum atomic E-state index is 14.0. The van der Waals surface area contributed by atoms with Gasteiger partial charge in [-0.1, -0.05) is 25.1 Å². The van der Waals surface area contributed by atoms with Gasteiger partial charge in [-0.3, -0.25) is 4.90 Å². The van der Waals surface area contributed by atoms with Crippen molar-refractivity contribution < 1.29 is 4.39 Å². The van der Waals surface area contributed by atoms with Crippen LogP contribution in [-0.2, 0) is 0 Å². The highest BCUT2D eigenvalue weighted by Gasteiger charge is 2.43. The van der Waals surface area contributed by atoms with E-state index in [0.717, 1.165) is 12.0 Å². The van der Waals surface area contributed by atoms with Crippen LogP contribution in [0.3, 0.4) is 0 Å². The van der Waals surface area contributed by atoms with Gasteiger partial charge in [0.1, 0.15) is 5.82 Å². The molecule has 1 heterocycles. The fourth-order valence-electron chi connectivity index (χ4n) is 3.28. The molecule has 3 atom stereocenters. The molecule has 1 aliphatic rings. The summed E-state index contributed by atoms with van der Waals surface area (Å²) in [6.45, 7) is 4.94. The summed E-state index contributed by atoms with van der Waals surface area (Å²) in [6.07, 6.45) is 2.27. The molecule has 2 rings (SSSR count). The largest absolute Gasteiger partial charge is 0.329 e. The summed E-state index contributed by atoms with van der Waals surface area (Å²) in [5.74, 6) is 1.07. The lowest BCUT2D eigenvalue weighted by molar-refractivity contribution is 0.0714. The molecule has 1 saturated heterocycles.